The van der Waals surface area contributed by atoms with Crippen LogP contribution in [0, 0.1) is 11.8 Å². The molecule has 2 fully saturated rings. The molecule has 0 saturated carbocycles. The second-order valence-electron chi connectivity index (χ2n) is 5.55. The molecule has 2 amide bonds. The normalized spacial score (nSPS) is 36.7. The van der Waals surface area contributed by atoms with E-state index in [1.165, 1.54) is 4.90 Å². The van der Waals surface area contributed by atoms with Gasteiger partial charge in [-0.2, -0.15) is 0 Å². The van der Waals surface area contributed by atoms with Crippen LogP contribution in [-0.2, 0) is 14.3 Å². The molecule has 0 aliphatic carbocycles. The van der Waals surface area contributed by atoms with E-state index in [0.717, 1.165) is 4.47 Å². The molecule has 2 saturated heterocycles. The number of halogens is 1. The molecule has 1 N–H and O–H groups in total. The third-order valence-electron chi connectivity index (χ3n) is 4.49. The van der Waals surface area contributed by atoms with Gasteiger partial charge in [-0.1, -0.05) is 28.1 Å². The van der Waals surface area contributed by atoms with Crippen LogP contribution >= 0.6 is 15.9 Å². The predicted molar refractivity (Wildman–Crippen MR) is 77.4 cm³/mol. The van der Waals surface area contributed by atoms with E-state index < -0.39 is 23.5 Å². The van der Waals surface area contributed by atoms with Crippen LogP contribution in [0.3, 0.4) is 0 Å². The van der Waals surface area contributed by atoms with Gasteiger partial charge in [-0.05, 0) is 24.3 Å². The van der Waals surface area contributed by atoms with Crippen LogP contribution in [0.25, 0.3) is 0 Å². The van der Waals surface area contributed by atoms with Crippen LogP contribution in [0.15, 0.2) is 40.9 Å². The van der Waals surface area contributed by atoms with E-state index in [2.05, 4.69) is 15.9 Å². The zero-order chi connectivity index (χ0) is 14.8. The lowest BCUT2D eigenvalue weighted by molar-refractivity contribution is -0.128. The Morgan fingerprint density at radius 1 is 1.24 bits per heavy atom. The summed E-state index contributed by atoms with van der Waals surface area (Å²) >= 11 is 3.33. The van der Waals surface area contributed by atoms with E-state index >= 15 is 0 Å². The maximum atomic E-state index is 12.7. The van der Waals surface area contributed by atoms with Crippen molar-refractivity contribution in [2.45, 2.75) is 11.7 Å². The molecule has 4 rings (SSSR count). The van der Waals surface area contributed by atoms with Crippen molar-refractivity contribution in [1.82, 2.24) is 0 Å². The molecule has 1 aromatic carbocycles. The Bertz CT molecular complexity index is 671. The molecule has 108 valence electrons. The summed E-state index contributed by atoms with van der Waals surface area (Å²) in [5.41, 5.74) is -0.485. The monoisotopic (exact) mass is 349 g/mol. The summed E-state index contributed by atoms with van der Waals surface area (Å²) < 4.78 is 6.56. The number of nitrogens with zero attached hydrogens (tertiary/aromatic N) is 1. The summed E-state index contributed by atoms with van der Waals surface area (Å²) in [5.74, 6) is -1.71. The topological polar surface area (TPSA) is 66.8 Å². The average Bonchev–Trinajstić information content (AvgIpc) is 3.12. The number of hydrogen-bond acceptors (Lipinski definition) is 4. The lowest BCUT2D eigenvalue weighted by Crippen LogP contribution is -2.43. The molecule has 3 aliphatic rings. The number of benzene rings is 1. The summed E-state index contributed by atoms with van der Waals surface area (Å²) in [6.45, 7) is -0.297. The number of carbonyl (C=O) groups excluding carboxylic acids is 2. The first-order valence-corrected chi connectivity index (χ1v) is 7.48. The lowest BCUT2D eigenvalue weighted by atomic mass is 9.77. The van der Waals surface area contributed by atoms with Gasteiger partial charge in [0, 0.05) is 4.47 Å². The van der Waals surface area contributed by atoms with Gasteiger partial charge in [-0.25, -0.2) is 4.90 Å². The highest BCUT2D eigenvalue weighted by atomic mass is 79.9. The predicted octanol–water partition coefficient (Wildman–Crippen LogP) is 1.25. The van der Waals surface area contributed by atoms with Crippen LogP contribution in [0.5, 0.6) is 0 Å². The molecule has 2 bridgehead atoms. The summed E-state index contributed by atoms with van der Waals surface area (Å²) in [6.07, 6.45) is 3.07. The van der Waals surface area contributed by atoms with Crippen molar-refractivity contribution < 1.29 is 19.4 Å². The van der Waals surface area contributed by atoms with Crippen LogP contribution in [-0.4, -0.2) is 35.2 Å². The Labute approximate surface area is 129 Å². The fourth-order valence-corrected chi connectivity index (χ4v) is 3.79. The smallest absolute Gasteiger partial charge is 0.241 e. The zero-order valence-corrected chi connectivity index (χ0v) is 12.5. The summed E-state index contributed by atoms with van der Waals surface area (Å²) in [7, 11) is 0. The number of anilines is 1. The van der Waals surface area contributed by atoms with E-state index in [4.69, 9.17) is 4.74 Å². The van der Waals surface area contributed by atoms with Gasteiger partial charge >= 0.3 is 0 Å². The Morgan fingerprint density at radius 2 is 1.95 bits per heavy atom. The van der Waals surface area contributed by atoms with Crippen LogP contribution < -0.4 is 4.90 Å². The third-order valence-corrected chi connectivity index (χ3v) is 5.02. The Balaban J connectivity index is 1.77. The molecule has 0 unspecified atom stereocenters. The summed E-state index contributed by atoms with van der Waals surface area (Å²) in [4.78, 5) is 26.6. The van der Waals surface area contributed by atoms with Crippen molar-refractivity contribution >= 4 is 33.4 Å². The van der Waals surface area contributed by atoms with E-state index in [9.17, 15) is 14.7 Å². The maximum Gasteiger partial charge on any atom is 0.241 e. The maximum absolute atomic E-state index is 12.7. The highest BCUT2D eigenvalue weighted by molar-refractivity contribution is 9.10. The van der Waals surface area contributed by atoms with Crippen molar-refractivity contribution in [2.24, 2.45) is 11.8 Å². The quantitative estimate of drug-likeness (QED) is 0.644. The fourth-order valence-electron chi connectivity index (χ4n) is 3.53. The Morgan fingerprint density at radius 3 is 2.62 bits per heavy atom. The van der Waals surface area contributed by atoms with Crippen LogP contribution in [0.2, 0.25) is 0 Å². The van der Waals surface area contributed by atoms with Gasteiger partial charge in [0.05, 0.1) is 30.2 Å². The van der Waals surface area contributed by atoms with E-state index in [0.29, 0.717) is 5.69 Å². The largest absolute Gasteiger partial charge is 0.393 e. The Hall–Kier alpha value is -1.50. The van der Waals surface area contributed by atoms with Crippen LogP contribution in [0.1, 0.15) is 0 Å². The van der Waals surface area contributed by atoms with Crippen molar-refractivity contribution in [1.29, 1.82) is 0 Å². The zero-order valence-electron chi connectivity index (χ0n) is 10.9. The number of ether oxygens (including phenoxy) is 1. The molecule has 5 nitrogen and oxygen atoms in total. The SMILES string of the molecule is O=C1[C@@H]2[C@@H]3C=C[C@](CO)(O3)[C@@H]2C(=O)N1c1ccc(Br)cc1. The van der Waals surface area contributed by atoms with E-state index in [1.807, 2.05) is 0 Å². The second-order valence-corrected chi connectivity index (χ2v) is 6.46. The molecular weight excluding hydrogens is 338 g/mol. The van der Waals surface area contributed by atoms with Crippen molar-refractivity contribution in [3.63, 3.8) is 0 Å². The number of hydrogen-bond donors (Lipinski definition) is 1. The van der Waals surface area contributed by atoms with Gasteiger partial charge in [0.1, 0.15) is 5.60 Å². The molecule has 6 heteroatoms. The number of aliphatic hydroxyl groups excluding tert-OH is 1. The minimum Gasteiger partial charge on any atom is -0.393 e. The number of fused-ring (bicyclic) bond motifs is 5. The second kappa shape index (κ2) is 4.25. The van der Waals surface area contributed by atoms with Crippen molar-refractivity contribution in [2.75, 3.05) is 11.5 Å². The molecule has 3 heterocycles. The standard InChI is InChI=1S/C15H12BrNO4/c16-8-1-3-9(4-2-8)17-13(19)11-10-5-6-15(7-18,21-10)12(11)14(17)20/h1-6,10-12,18H,7H2/t10-,11+,12-,15+/m0/s1. The van der Waals surface area contributed by atoms with Gasteiger partial charge in [-0.15, -0.1) is 0 Å². The number of amides is 2. The average molecular weight is 350 g/mol. The Kier molecular flexibility index (Phi) is 2.67. The van der Waals surface area contributed by atoms with Gasteiger partial charge in [0.2, 0.25) is 11.8 Å². The first-order chi connectivity index (χ1) is 10.1. The van der Waals surface area contributed by atoms with Gasteiger partial charge in [0.25, 0.3) is 0 Å². The molecule has 0 aromatic heterocycles. The minimum atomic E-state index is -1.04. The molecule has 0 radical (unpaired) electrons. The molecule has 1 aromatic rings. The molecule has 0 spiro atoms. The van der Waals surface area contributed by atoms with Crippen LogP contribution in [0.4, 0.5) is 5.69 Å². The third kappa shape index (κ3) is 1.58. The first-order valence-electron chi connectivity index (χ1n) is 6.69. The number of rotatable bonds is 2. The van der Waals surface area contributed by atoms with E-state index in [1.54, 1.807) is 36.4 Å². The van der Waals surface area contributed by atoms with Gasteiger partial charge in [0.15, 0.2) is 0 Å². The molecular formula is C15H12BrNO4. The highest BCUT2D eigenvalue weighted by Crippen LogP contribution is 2.52. The molecule has 3 aliphatic heterocycles. The van der Waals surface area contributed by atoms with Crippen molar-refractivity contribution in [3.8, 4) is 0 Å². The fraction of sp³-hybridized carbons (Fsp3) is 0.333. The summed E-state index contributed by atoms with van der Waals surface area (Å²) in [5, 5.41) is 9.62. The minimum absolute atomic E-state index is 0.253. The highest BCUT2D eigenvalue weighted by Gasteiger charge is 2.67. The molecule has 21 heavy (non-hydrogen) atoms. The number of imide groups is 1. The summed E-state index contributed by atoms with van der Waals surface area (Å²) in [6, 6.07) is 7.02. The first kappa shape index (κ1) is 13.2. The lowest BCUT2D eigenvalue weighted by Gasteiger charge is -2.26. The molecule has 4 atom stereocenters. The van der Waals surface area contributed by atoms with Gasteiger partial charge in [-0.3, -0.25) is 9.59 Å². The van der Waals surface area contributed by atoms with Crippen molar-refractivity contribution in [3.05, 3.63) is 40.9 Å². The number of aliphatic hydroxyl groups is 1. The van der Waals surface area contributed by atoms with Gasteiger partial charge < -0.3 is 9.84 Å². The number of carbonyl (C=O) groups is 2. The van der Waals surface area contributed by atoms with E-state index in [-0.39, 0.29) is 18.4 Å².